The van der Waals surface area contributed by atoms with Gasteiger partial charge in [0.05, 0.1) is 22.3 Å². The van der Waals surface area contributed by atoms with Crippen LogP contribution in [-0.2, 0) is 11.3 Å². The van der Waals surface area contributed by atoms with Crippen molar-refractivity contribution in [3.05, 3.63) is 64.5 Å². The van der Waals surface area contributed by atoms with E-state index in [9.17, 15) is 4.79 Å². The molecule has 1 amide bonds. The van der Waals surface area contributed by atoms with E-state index in [0.717, 1.165) is 11.3 Å². The Morgan fingerprint density at radius 1 is 1.25 bits per heavy atom. The number of aromatic nitrogens is 2. The first-order valence-corrected chi connectivity index (χ1v) is 8.10. The van der Waals surface area contributed by atoms with Gasteiger partial charge >= 0.3 is 0 Å². The molecule has 1 atom stereocenters. The van der Waals surface area contributed by atoms with E-state index in [1.807, 2.05) is 16.7 Å². The van der Waals surface area contributed by atoms with Crippen LogP contribution in [0, 0.1) is 0 Å². The van der Waals surface area contributed by atoms with Crippen LogP contribution in [0.15, 0.2) is 48.8 Å². The van der Waals surface area contributed by atoms with Gasteiger partial charge in [-0.15, -0.1) is 0 Å². The van der Waals surface area contributed by atoms with Crippen molar-refractivity contribution in [1.82, 2.24) is 14.7 Å². The van der Waals surface area contributed by atoms with Crippen LogP contribution in [0.25, 0.3) is 5.65 Å². The third-order valence-electron chi connectivity index (χ3n) is 3.42. The Bertz CT molecular complexity index is 879. The van der Waals surface area contributed by atoms with Gasteiger partial charge in [-0.1, -0.05) is 35.3 Å². The number of fused-ring (bicyclic) bond motifs is 1. The Morgan fingerprint density at radius 2 is 2.04 bits per heavy atom. The van der Waals surface area contributed by atoms with Crippen molar-refractivity contribution in [1.29, 1.82) is 0 Å². The van der Waals surface area contributed by atoms with Crippen LogP contribution < -0.4 is 10.1 Å². The predicted molar refractivity (Wildman–Crippen MR) is 93.6 cm³/mol. The molecule has 0 fully saturated rings. The number of nitrogens with zero attached hydrogens (tertiary/aromatic N) is 2. The van der Waals surface area contributed by atoms with Gasteiger partial charge in [0, 0.05) is 12.4 Å². The molecule has 2 aromatic heterocycles. The molecule has 0 saturated heterocycles. The fourth-order valence-corrected chi connectivity index (χ4v) is 2.56. The number of ether oxygens (including phenoxy) is 1. The summed E-state index contributed by atoms with van der Waals surface area (Å²) in [6.07, 6.45) is 2.91. The molecule has 3 rings (SSSR count). The lowest BCUT2D eigenvalue weighted by molar-refractivity contribution is -0.127. The van der Waals surface area contributed by atoms with Gasteiger partial charge in [0.1, 0.15) is 11.4 Å². The zero-order valence-corrected chi connectivity index (χ0v) is 14.4. The minimum atomic E-state index is -0.670. The van der Waals surface area contributed by atoms with E-state index >= 15 is 0 Å². The highest BCUT2D eigenvalue weighted by atomic mass is 35.5. The van der Waals surface area contributed by atoms with Crippen LogP contribution in [-0.4, -0.2) is 21.4 Å². The largest absolute Gasteiger partial charge is 0.479 e. The summed E-state index contributed by atoms with van der Waals surface area (Å²) in [6, 6.07) is 10.6. The number of para-hydroxylation sites is 1. The van der Waals surface area contributed by atoms with E-state index in [1.54, 1.807) is 43.5 Å². The van der Waals surface area contributed by atoms with E-state index in [0.29, 0.717) is 22.3 Å². The third-order valence-corrected chi connectivity index (χ3v) is 3.95. The molecule has 0 radical (unpaired) electrons. The number of carbonyl (C=O) groups is 1. The minimum absolute atomic E-state index is 0.245. The van der Waals surface area contributed by atoms with Gasteiger partial charge in [-0.25, -0.2) is 4.98 Å². The Labute approximate surface area is 149 Å². The number of imidazole rings is 1. The van der Waals surface area contributed by atoms with Crippen molar-refractivity contribution in [2.24, 2.45) is 0 Å². The zero-order valence-electron chi connectivity index (χ0n) is 12.9. The molecule has 1 unspecified atom stereocenters. The highest BCUT2D eigenvalue weighted by Gasteiger charge is 2.16. The summed E-state index contributed by atoms with van der Waals surface area (Å²) in [7, 11) is 0. The van der Waals surface area contributed by atoms with Crippen LogP contribution in [0.3, 0.4) is 0 Å². The van der Waals surface area contributed by atoms with Crippen LogP contribution >= 0.6 is 23.2 Å². The Morgan fingerprint density at radius 3 is 2.83 bits per heavy atom. The molecule has 0 aliphatic carbocycles. The van der Waals surface area contributed by atoms with Crippen LogP contribution in [0.2, 0.25) is 10.0 Å². The fourth-order valence-electron chi connectivity index (χ4n) is 2.21. The number of nitrogens with one attached hydrogen (secondary N) is 1. The summed E-state index contributed by atoms with van der Waals surface area (Å²) < 4.78 is 7.40. The number of hydrogen-bond donors (Lipinski definition) is 1. The molecule has 7 heteroatoms. The van der Waals surface area contributed by atoms with Gasteiger partial charge in [-0.2, -0.15) is 0 Å². The Kier molecular flexibility index (Phi) is 4.92. The van der Waals surface area contributed by atoms with Crippen LogP contribution in [0.5, 0.6) is 5.75 Å². The second kappa shape index (κ2) is 7.11. The van der Waals surface area contributed by atoms with E-state index in [-0.39, 0.29) is 5.91 Å². The molecule has 0 bridgehead atoms. The summed E-state index contributed by atoms with van der Waals surface area (Å²) in [4.78, 5) is 16.6. The zero-order chi connectivity index (χ0) is 17.1. The van der Waals surface area contributed by atoms with Crippen molar-refractivity contribution in [2.45, 2.75) is 19.6 Å². The summed E-state index contributed by atoms with van der Waals surface area (Å²) >= 11 is 12.0. The maximum Gasteiger partial charge on any atom is 0.261 e. The predicted octanol–water partition coefficient (Wildman–Crippen LogP) is 3.72. The van der Waals surface area contributed by atoms with Crippen molar-refractivity contribution in [3.63, 3.8) is 0 Å². The molecule has 5 nitrogen and oxygen atoms in total. The lowest BCUT2D eigenvalue weighted by atomic mass is 10.3. The number of benzene rings is 1. The molecule has 3 aromatic rings. The monoisotopic (exact) mass is 363 g/mol. The Hall–Kier alpha value is -2.24. The number of carbonyl (C=O) groups excluding carboxylic acids is 1. The number of halogens is 2. The highest BCUT2D eigenvalue weighted by Crippen LogP contribution is 2.24. The number of amides is 1. The summed E-state index contributed by atoms with van der Waals surface area (Å²) in [5.41, 5.74) is 1.50. The van der Waals surface area contributed by atoms with E-state index in [1.165, 1.54) is 0 Å². The first kappa shape index (κ1) is 16.6. The smallest absolute Gasteiger partial charge is 0.261 e. The van der Waals surface area contributed by atoms with Crippen molar-refractivity contribution in [2.75, 3.05) is 0 Å². The van der Waals surface area contributed by atoms with Crippen LogP contribution in [0.1, 0.15) is 12.6 Å². The molecule has 1 aromatic carbocycles. The quantitative estimate of drug-likeness (QED) is 0.751. The summed E-state index contributed by atoms with van der Waals surface area (Å²) in [6.45, 7) is 1.97. The van der Waals surface area contributed by atoms with Crippen molar-refractivity contribution >= 4 is 34.8 Å². The third kappa shape index (κ3) is 3.80. The lowest BCUT2D eigenvalue weighted by Crippen LogP contribution is -2.36. The first-order chi connectivity index (χ1) is 11.5. The molecular weight excluding hydrogens is 349 g/mol. The van der Waals surface area contributed by atoms with Crippen LogP contribution in [0.4, 0.5) is 0 Å². The lowest BCUT2D eigenvalue weighted by Gasteiger charge is -2.15. The fraction of sp³-hybridized carbons (Fsp3) is 0.176. The van der Waals surface area contributed by atoms with Gasteiger partial charge in [0.25, 0.3) is 5.91 Å². The number of rotatable bonds is 5. The maximum absolute atomic E-state index is 12.2. The average molecular weight is 364 g/mol. The second-order valence-corrected chi connectivity index (χ2v) is 6.10. The number of hydrogen-bond acceptors (Lipinski definition) is 3. The highest BCUT2D eigenvalue weighted by molar-refractivity contribution is 6.32. The van der Waals surface area contributed by atoms with Gasteiger partial charge in [-0.3, -0.25) is 4.79 Å². The SMILES string of the molecule is CC(Oc1ccccc1Cl)C(=O)NCc1cn2cc(Cl)ccc2n1. The van der Waals surface area contributed by atoms with E-state index in [2.05, 4.69) is 10.3 Å². The standard InChI is InChI=1S/C17H15Cl2N3O2/c1-11(24-15-5-3-2-4-14(15)19)17(23)20-8-13-10-22-9-12(18)6-7-16(22)21-13/h2-7,9-11H,8H2,1H3,(H,20,23). The molecule has 24 heavy (non-hydrogen) atoms. The Balaban J connectivity index is 1.60. The van der Waals surface area contributed by atoms with Gasteiger partial charge in [-0.05, 0) is 31.2 Å². The molecule has 0 spiro atoms. The minimum Gasteiger partial charge on any atom is -0.479 e. The average Bonchev–Trinajstić information content (AvgIpc) is 2.96. The molecular formula is C17H15Cl2N3O2. The number of pyridine rings is 1. The first-order valence-electron chi connectivity index (χ1n) is 7.35. The molecule has 2 heterocycles. The molecule has 0 aliphatic rings. The van der Waals surface area contributed by atoms with Gasteiger partial charge in [0.2, 0.25) is 0 Å². The topological polar surface area (TPSA) is 55.6 Å². The van der Waals surface area contributed by atoms with E-state index < -0.39 is 6.10 Å². The normalized spacial score (nSPS) is 12.1. The van der Waals surface area contributed by atoms with E-state index in [4.69, 9.17) is 27.9 Å². The summed E-state index contributed by atoms with van der Waals surface area (Å²) in [5.74, 6) is 0.231. The molecule has 1 N–H and O–H groups in total. The van der Waals surface area contributed by atoms with Gasteiger partial charge in [0.15, 0.2) is 6.10 Å². The van der Waals surface area contributed by atoms with Crippen molar-refractivity contribution < 1.29 is 9.53 Å². The van der Waals surface area contributed by atoms with Crippen molar-refractivity contribution in [3.8, 4) is 5.75 Å². The van der Waals surface area contributed by atoms with Gasteiger partial charge < -0.3 is 14.5 Å². The molecule has 0 saturated carbocycles. The summed E-state index contributed by atoms with van der Waals surface area (Å²) in [5, 5.41) is 3.89. The molecule has 0 aliphatic heterocycles. The maximum atomic E-state index is 12.2. The molecule has 124 valence electrons. The second-order valence-electron chi connectivity index (χ2n) is 5.25.